The maximum Gasteiger partial charge on any atom is 0.334 e. The van der Waals surface area contributed by atoms with E-state index in [1.54, 1.807) is 31.3 Å². The molecule has 0 bridgehead atoms. The lowest BCUT2D eigenvalue weighted by molar-refractivity contribution is -0.145. The maximum atomic E-state index is 13.0. The van der Waals surface area contributed by atoms with E-state index in [1.807, 2.05) is 19.9 Å². The number of urea groups is 1. The summed E-state index contributed by atoms with van der Waals surface area (Å²) < 4.78 is 10.8. The van der Waals surface area contributed by atoms with Gasteiger partial charge in [-0.1, -0.05) is 13.8 Å². The molecule has 3 rings (SSSR count). The number of amides is 5. The van der Waals surface area contributed by atoms with Crippen LogP contribution >= 0.6 is 0 Å². The van der Waals surface area contributed by atoms with E-state index in [-0.39, 0.29) is 24.4 Å². The molecule has 0 N–H and O–H groups in total. The Morgan fingerprint density at radius 1 is 1.10 bits per heavy atom. The highest BCUT2D eigenvalue weighted by molar-refractivity contribution is 6.45. The Morgan fingerprint density at radius 3 is 2.43 bits per heavy atom. The van der Waals surface area contributed by atoms with Crippen LogP contribution in [0.15, 0.2) is 18.2 Å². The fraction of sp³-hybridized carbons (Fsp3) is 0.524. The van der Waals surface area contributed by atoms with Gasteiger partial charge in [-0.05, 0) is 37.0 Å². The van der Waals surface area contributed by atoms with Crippen LogP contribution in [0.3, 0.4) is 0 Å². The molecule has 9 heteroatoms. The van der Waals surface area contributed by atoms with Crippen molar-refractivity contribution in [1.29, 1.82) is 0 Å². The number of hydrogen-bond donors (Lipinski definition) is 0. The largest absolute Gasteiger partial charge is 0.497 e. The maximum absolute atomic E-state index is 13.0. The average Bonchev–Trinajstić information content (AvgIpc) is 3.29. The number of methoxy groups -OCH3 is 2. The van der Waals surface area contributed by atoms with Crippen LogP contribution < -0.4 is 9.47 Å². The van der Waals surface area contributed by atoms with Gasteiger partial charge in [-0.25, -0.2) is 9.69 Å². The Hall–Kier alpha value is -3.10. The third-order valence-corrected chi connectivity index (χ3v) is 5.35. The summed E-state index contributed by atoms with van der Waals surface area (Å²) in [5, 5.41) is 0. The van der Waals surface area contributed by atoms with Crippen molar-refractivity contribution in [2.75, 3.05) is 33.9 Å². The molecule has 2 heterocycles. The van der Waals surface area contributed by atoms with Gasteiger partial charge in [-0.15, -0.1) is 0 Å². The number of nitrogens with zero attached hydrogens (tertiary/aromatic N) is 3. The molecule has 5 amide bonds. The van der Waals surface area contributed by atoms with E-state index in [0.29, 0.717) is 18.0 Å². The molecule has 2 aliphatic heterocycles. The molecule has 2 fully saturated rings. The molecule has 1 atom stereocenters. The van der Waals surface area contributed by atoms with Crippen molar-refractivity contribution in [3.05, 3.63) is 23.8 Å². The van der Waals surface area contributed by atoms with Crippen molar-refractivity contribution in [3.63, 3.8) is 0 Å². The van der Waals surface area contributed by atoms with Crippen molar-refractivity contribution >= 4 is 23.8 Å². The zero-order chi connectivity index (χ0) is 22.0. The Kier molecular flexibility index (Phi) is 6.28. The summed E-state index contributed by atoms with van der Waals surface area (Å²) in [5.74, 6) is -0.928. The van der Waals surface area contributed by atoms with Gasteiger partial charge < -0.3 is 14.4 Å². The van der Waals surface area contributed by atoms with Crippen LogP contribution in [0, 0.1) is 5.92 Å². The van der Waals surface area contributed by atoms with Crippen LogP contribution in [-0.2, 0) is 14.4 Å². The van der Waals surface area contributed by atoms with Crippen LogP contribution in [0.1, 0.15) is 38.3 Å². The molecule has 0 saturated carbocycles. The van der Waals surface area contributed by atoms with Crippen LogP contribution in [0.2, 0.25) is 0 Å². The Balaban J connectivity index is 1.79. The molecule has 0 unspecified atom stereocenters. The van der Waals surface area contributed by atoms with E-state index < -0.39 is 24.4 Å². The molecule has 0 spiro atoms. The SMILES string of the molecule is COc1ccc(OC)c([C@@H]2CCCN2C(=O)CN2C(=O)C(=O)N(CC(C)C)C2=O)c1. The highest BCUT2D eigenvalue weighted by atomic mass is 16.5. The fourth-order valence-electron chi connectivity index (χ4n) is 3.93. The molecule has 30 heavy (non-hydrogen) atoms. The summed E-state index contributed by atoms with van der Waals surface area (Å²) >= 11 is 0. The summed E-state index contributed by atoms with van der Waals surface area (Å²) in [6.45, 7) is 3.86. The lowest BCUT2D eigenvalue weighted by Gasteiger charge is -2.28. The molecule has 0 aromatic heterocycles. The van der Waals surface area contributed by atoms with Gasteiger partial charge in [0.15, 0.2) is 0 Å². The minimum atomic E-state index is -0.955. The van der Waals surface area contributed by atoms with Gasteiger partial charge in [0.05, 0.1) is 20.3 Å². The first kappa shape index (κ1) is 21.6. The number of imide groups is 2. The molecule has 1 aromatic carbocycles. The second kappa shape index (κ2) is 8.73. The number of carbonyl (C=O) groups is 4. The zero-order valence-electron chi connectivity index (χ0n) is 17.7. The number of ether oxygens (including phenoxy) is 2. The molecule has 2 saturated heterocycles. The number of benzene rings is 1. The van der Waals surface area contributed by atoms with E-state index in [2.05, 4.69) is 0 Å². The molecule has 9 nitrogen and oxygen atoms in total. The Labute approximate surface area is 175 Å². The van der Waals surface area contributed by atoms with Crippen molar-refractivity contribution < 1.29 is 28.7 Å². The summed E-state index contributed by atoms with van der Waals surface area (Å²) in [7, 11) is 3.12. The first-order valence-corrected chi connectivity index (χ1v) is 9.97. The van der Waals surface area contributed by atoms with Gasteiger partial charge in [-0.3, -0.25) is 19.3 Å². The van der Waals surface area contributed by atoms with Crippen molar-refractivity contribution in [1.82, 2.24) is 14.7 Å². The molecule has 162 valence electrons. The summed E-state index contributed by atoms with van der Waals surface area (Å²) in [4.78, 5) is 53.3. The normalized spacial score (nSPS) is 19.3. The first-order valence-electron chi connectivity index (χ1n) is 9.97. The molecule has 1 aromatic rings. The fourth-order valence-corrected chi connectivity index (χ4v) is 3.93. The van der Waals surface area contributed by atoms with E-state index >= 15 is 0 Å². The van der Waals surface area contributed by atoms with E-state index in [9.17, 15) is 19.2 Å². The van der Waals surface area contributed by atoms with Crippen molar-refractivity contribution in [3.8, 4) is 11.5 Å². The lowest BCUT2D eigenvalue weighted by atomic mass is 10.0. The van der Waals surface area contributed by atoms with Crippen LogP contribution in [0.4, 0.5) is 4.79 Å². The van der Waals surface area contributed by atoms with Gasteiger partial charge in [-0.2, -0.15) is 0 Å². The second-order valence-electron chi connectivity index (χ2n) is 7.84. The van der Waals surface area contributed by atoms with Crippen molar-refractivity contribution in [2.45, 2.75) is 32.7 Å². The van der Waals surface area contributed by atoms with Gasteiger partial charge in [0.2, 0.25) is 5.91 Å². The highest BCUT2D eigenvalue weighted by Crippen LogP contribution is 2.39. The number of carbonyl (C=O) groups excluding carboxylic acids is 4. The van der Waals surface area contributed by atoms with E-state index in [4.69, 9.17) is 9.47 Å². The number of rotatable bonds is 7. The van der Waals surface area contributed by atoms with E-state index in [0.717, 1.165) is 28.2 Å². The quantitative estimate of drug-likeness (QED) is 0.496. The number of likely N-dealkylation sites (tertiary alicyclic amines) is 1. The number of hydrogen-bond acceptors (Lipinski definition) is 6. The molecular formula is C21H27N3O6. The third kappa shape index (κ3) is 3.96. The van der Waals surface area contributed by atoms with Gasteiger partial charge in [0.1, 0.15) is 18.0 Å². The van der Waals surface area contributed by atoms with Crippen LogP contribution in [-0.4, -0.2) is 72.3 Å². The third-order valence-electron chi connectivity index (χ3n) is 5.35. The topological polar surface area (TPSA) is 96.5 Å². The second-order valence-corrected chi connectivity index (χ2v) is 7.84. The molecular weight excluding hydrogens is 390 g/mol. The summed E-state index contributed by atoms with van der Waals surface area (Å²) in [6.07, 6.45) is 1.49. The van der Waals surface area contributed by atoms with Gasteiger partial charge >= 0.3 is 17.8 Å². The lowest BCUT2D eigenvalue weighted by Crippen LogP contribution is -2.43. The minimum absolute atomic E-state index is 0.0184. The van der Waals surface area contributed by atoms with Crippen LogP contribution in [0.5, 0.6) is 11.5 Å². The molecule has 2 aliphatic rings. The Bertz CT molecular complexity index is 868. The predicted molar refractivity (Wildman–Crippen MR) is 107 cm³/mol. The molecule has 0 radical (unpaired) electrons. The van der Waals surface area contributed by atoms with E-state index in [1.165, 1.54) is 0 Å². The zero-order valence-corrected chi connectivity index (χ0v) is 17.7. The summed E-state index contributed by atoms with van der Waals surface area (Å²) in [5.41, 5.74) is 0.805. The standard InChI is InChI=1S/C21H27N3O6/c1-13(2)11-23-19(26)20(27)24(21(23)28)12-18(25)22-9-5-6-16(22)15-10-14(29-3)7-8-17(15)30-4/h7-8,10,13,16H,5-6,9,11-12H2,1-4H3/t16-/m0/s1. The molecule has 0 aliphatic carbocycles. The highest BCUT2D eigenvalue weighted by Gasteiger charge is 2.46. The van der Waals surface area contributed by atoms with Crippen molar-refractivity contribution in [2.24, 2.45) is 5.92 Å². The monoisotopic (exact) mass is 417 g/mol. The first-order chi connectivity index (χ1) is 14.3. The van der Waals surface area contributed by atoms with Crippen LogP contribution in [0.25, 0.3) is 0 Å². The van der Waals surface area contributed by atoms with Gasteiger partial charge in [0.25, 0.3) is 0 Å². The summed E-state index contributed by atoms with van der Waals surface area (Å²) in [6, 6.07) is 4.39. The smallest absolute Gasteiger partial charge is 0.334 e. The predicted octanol–water partition coefficient (Wildman–Crippen LogP) is 1.81. The Morgan fingerprint density at radius 2 is 1.80 bits per heavy atom. The van der Waals surface area contributed by atoms with Gasteiger partial charge in [0, 0.05) is 18.7 Å². The average molecular weight is 417 g/mol. The minimum Gasteiger partial charge on any atom is -0.497 e.